The van der Waals surface area contributed by atoms with E-state index in [2.05, 4.69) is 10.3 Å². The molecule has 2 aromatic heterocycles. The number of amides is 1. The van der Waals surface area contributed by atoms with E-state index in [1.807, 2.05) is 0 Å². The van der Waals surface area contributed by atoms with Crippen LogP contribution >= 0.6 is 11.3 Å². The first-order valence-electron chi connectivity index (χ1n) is 8.57. The SMILES string of the molecule is CCOC(=O)c1sc(NC(=O)c2cc3c(OC)ccc(OC)c3n2C)nc1C. The van der Waals surface area contributed by atoms with Gasteiger partial charge in [-0.3, -0.25) is 10.1 Å². The van der Waals surface area contributed by atoms with Gasteiger partial charge in [-0.15, -0.1) is 0 Å². The van der Waals surface area contributed by atoms with E-state index >= 15 is 0 Å². The first kappa shape index (κ1) is 19.7. The summed E-state index contributed by atoms with van der Waals surface area (Å²) in [6.45, 7) is 3.71. The number of carbonyl (C=O) groups excluding carboxylic acids is 2. The molecule has 0 spiro atoms. The number of methoxy groups -OCH3 is 2. The van der Waals surface area contributed by atoms with Gasteiger partial charge in [0.25, 0.3) is 5.91 Å². The molecule has 0 unspecified atom stereocenters. The number of thiazole rings is 1. The van der Waals surface area contributed by atoms with Crippen molar-refractivity contribution in [3.05, 3.63) is 34.5 Å². The highest BCUT2D eigenvalue weighted by Gasteiger charge is 2.22. The number of esters is 1. The number of aromatic nitrogens is 2. The van der Waals surface area contributed by atoms with Crippen molar-refractivity contribution in [3.63, 3.8) is 0 Å². The van der Waals surface area contributed by atoms with Gasteiger partial charge in [0, 0.05) is 12.4 Å². The van der Waals surface area contributed by atoms with Crippen LogP contribution in [0.4, 0.5) is 5.13 Å². The summed E-state index contributed by atoms with van der Waals surface area (Å²) < 4.78 is 17.6. The van der Waals surface area contributed by atoms with Crippen LogP contribution in [0.3, 0.4) is 0 Å². The number of carbonyl (C=O) groups is 2. The Morgan fingerprint density at radius 1 is 1.21 bits per heavy atom. The third-order valence-electron chi connectivity index (χ3n) is 4.27. The van der Waals surface area contributed by atoms with Crippen molar-refractivity contribution in [2.75, 3.05) is 26.1 Å². The first-order valence-corrected chi connectivity index (χ1v) is 9.39. The Labute approximate surface area is 166 Å². The van der Waals surface area contributed by atoms with Gasteiger partial charge in [0.15, 0.2) is 5.13 Å². The molecule has 0 aliphatic heterocycles. The van der Waals surface area contributed by atoms with E-state index in [4.69, 9.17) is 14.2 Å². The molecule has 2 heterocycles. The molecule has 0 aliphatic rings. The zero-order chi connectivity index (χ0) is 20.4. The zero-order valence-electron chi connectivity index (χ0n) is 16.3. The molecule has 0 atom stereocenters. The number of nitrogens with zero attached hydrogens (tertiary/aromatic N) is 2. The summed E-state index contributed by atoms with van der Waals surface area (Å²) in [6.07, 6.45) is 0. The van der Waals surface area contributed by atoms with Gasteiger partial charge in [0.2, 0.25) is 0 Å². The number of rotatable bonds is 6. The molecule has 3 aromatic rings. The lowest BCUT2D eigenvalue weighted by Crippen LogP contribution is -2.15. The summed E-state index contributed by atoms with van der Waals surface area (Å²) in [5.41, 5.74) is 1.66. The Kier molecular flexibility index (Phi) is 5.55. The van der Waals surface area contributed by atoms with Crippen molar-refractivity contribution in [2.24, 2.45) is 7.05 Å². The van der Waals surface area contributed by atoms with E-state index in [9.17, 15) is 9.59 Å². The van der Waals surface area contributed by atoms with Crippen LogP contribution in [0.25, 0.3) is 10.9 Å². The summed E-state index contributed by atoms with van der Waals surface area (Å²) >= 11 is 1.08. The van der Waals surface area contributed by atoms with Crippen molar-refractivity contribution in [3.8, 4) is 11.5 Å². The lowest BCUT2D eigenvalue weighted by molar-refractivity contribution is 0.0531. The fourth-order valence-electron chi connectivity index (χ4n) is 2.97. The minimum absolute atomic E-state index is 0.275. The van der Waals surface area contributed by atoms with Crippen LogP contribution in [-0.2, 0) is 11.8 Å². The summed E-state index contributed by atoms with van der Waals surface area (Å²) in [6, 6.07) is 5.32. The molecular formula is C19H21N3O5S. The molecule has 0 fully saturated rings. The number of aryl methyl sites for hydroxylation is 2. The maximum absolute atomic E-state index is 12.9. The van der Waals surface area contributed by atoms with E-state index in [0.717, 1.165) is 22.2 Å². The fourth-order valence-corrected chi connectivity index (χ4v) is 3.82. The molecule has 1 N–H and O–H groups in total. The lowest BCUT2D eigenvalue weighted by Gasteiger charge is -2.08. The molecule has 9 heteroatoms. The maximum atomic E-state index is 12.9. The Morgan fingerprint density at radius 2 is 1.89 bits per heavy atom. The van der Waals surface area contributed by atoms with Crippen LogP contribution < -0.4 is 14.8 Å². The van der Waals surface area contributed by atoms with Gasteiger partial charge in [0.05, 0.1) is 32.0 Å². The zero-order valence-corrected chi connectivity index (χ0v) is 17.1. The maximum Gasteiger partial charge on any atom is 0.350 e. The van der Waals surface area contributed by atoms with E-state index < -0.39 is 5.97 Å². The predicted octanol–water partition coefficient (Wildman–Crippen LogP) is 3.39. The van der Waals surface area contributed by atoms with Crippen LogP contribution in [0.2, 0.25) is 0 Å². The van der Waals surface area contributed by atoms with Crippen LogP contribution in [0.1, 0.15) is 32.8 Å². The van der Waals surface area contributed by atoms with Crippen molar-refractivity contribution in [1.29, 1.82) is 0 Å². The van der Waals surface area contributed by atoms with Gasteiger partial charge in [-0.25, -0.2) is 9.78 Å². The molecule has 0 radical (unpaired) electrons. The van der Waals surface area contributed by atoms with Gasteiger partial charge in [-0.05, 0) is 32.0 Å². The van der Waals surface area contributed by atoms with Gasteiger partial charge in [-0.1, -0.05) is 11.3 Å². The van der Waals surface area contributed by atoms with Crippen LogP contribution in [-0.4, -0.2) is 42.3 Å². The van der Waals surface area contributed by atoms with Crippen LogP contribution in [0.5, 0.6) is 11.5 Å². The number of ether oxygens (including phenoxy) is 3. The molecule has 1 aromatic carbocycles. The van der Waals surface area contributed by atoms with E-state index in [-0.39, 0.29) is 12.5 Å². The molecule has 0 bridgehead atoms. The largest absolute Gasteiger partial charge is 0.496 e. The van der Waals surface area contributed by atoms with Crippen molar-refractivity contribution in [1.82, 2.24) is 9.55 Å². The van der Waals surface area contributed by atoms with Crippen LogP contribution in [0, 0.1) is 6.92 Å². The highest BCUT2D eigenvalue weighted by atomic mass is 32.1. The second-order valence-corrected chi connectivity index (χ2v) is 6.93. The quantitative estimate of drug-likeness (QED) is 0.635. The highest BCUT2D eigenvalue weighted by Crippen LogP contribution is 2.35. The number of fused-ring (bicyclic) bond motifs is 1. The van der Waals surface area contributed by atoms with Gasteiger partial charge in [0.1, 0.15) is 22.1 Å². The molecule has 0 aliphatic carbocycles. The van der Waals surface area contributed by atoms with Gasteiger partial charge < -0.3 is 18.8 Å². The Morgan fingerprint density at radius 3 is 2.54 bits per heavy atom. The minimum Gasteiger partial charge on any atom is -0.496 e. The number of anilines is 1. The summed E-state index contributed by atoms with van der Waals surface area (Å²) in [7, 11) is 4.92. The van der Waals surface area contributed by atoms with Crippen molar-refractivity contribution < 1.29 is 23.8 Å². The third-order valence-corrected chi connectivity index (χ3v) is 5.32. The van der Waals surface area contributed by atoms with E-state index in [1.165, 1.54) is 0 Å². The molecule has 0 saturated heterocycles. The molecule has 3 rings (SSSR count). The summed E-state index contributed by atoms with van der Waals surface area (Å²) in [5.74, 6) is 0.469. The van der Waals surface area contributed by atoms with Gasteiger partial charge in [-0.2, -0.15) is 0 Å². The molecule has 0 saturated carbocycles. The molecule has 1 amide bonds. The van der Waals surface area contributed by atoms with Crippen molar-refractivity contribution >= 4 is 39.2 Å². The summed E-state index contributed by atoms with van der Waals surface area (Å²) in [5, 5.41) is 3.84. The predicted molar refractivity (Wildman–Crippen MR) is 107 cm³/mol. The van der Waals surface area contributed by atoms with Crippen molar-refractivity contribution in [2.45, 2.75) is 13.8 Å². The summed E-state index contributed by atoms with van der Waals surface area (Å²) in [4.78, 5) is 29.4. The standard InChI is InChI=1S/C19H21N3O5S/c1-6-27-18(24)16-10(2)20-19(28-16)21-17(23)12-9-11-13(25-4)7-8-14(26-5)15(11)22(12)3/h7-9H,6H2,1-5H3,(H,20,21,23). The van der Waals surface area contributed by atoms with Gasteiger partial charge >= 0.3 is 5.97 Å². The molecule has 28 heavy (non-hydrogen) atoms. The Balaban J connectivity index is 1.95. The fraction of sp³-hybridized carbons (Fsp3) is 0.316. The number of hydrogen-bond acceptors (Lipinski definition) is 7. The topological polar surface area (TPSA) is 91.7 Å². The highest BCUT2D eigenvalue weighted by molar-refractivity contribution is 7.17. The normalized spacial score (nSPS) is 10.8. The molecule has 148 valence electrons. The Hall–Kier alpha value is -3.07. The monoisotopic (exact) mass is 403 g/mol. The smallest absolute Gasteiger partial charge is 0.350 e. The second kappa shape index (κ2) is 7.89. The Bertz CT molecular complexity index is 1050. The first-order chi connectivity index (χ1) is 13.4. The van der Waals surface area contributed by atoms with E-state index in [0.29, 0.717) is 32.9 Å². The molecular weight excluding hydrogens is 382 g/mol. The number of nitrogens with one attached hydrogen (secondary N) is 1. The average Bonchev–Trinajstić information content (AvgIpc) is 3.21. The third kappa shape index (κ3) is 3.40. The average molecular weight is 403 g/mol. The van der Waals surface area contributed by atoms with E-state index in [1.54, 1.807) is 57.9 Å². The van der Waals surface area contributed by atoms with Crippen LogP contribution in [0.15, 0.2) is 18.2 Å². The number of hydrogen-bond donors (Lipinski definition) is 1. The lowest BCUT2D eigenvalue weighted by atomic mass is 10.2. The number of benzene rings is 1. The minimum atomic E-state index is -0.447. The molecule has 8 nitrogen and oxygen atoms in total. The second-order valence-electron chi connectivity index (χ2n) is 5.93.